The number of likely N-dealkylation sites (tertiary alicyclic amines) is 1. The molecule has 2 N–H and O–H groups in total. The van der Waals surface area contributed by atoms with Crippen LogP contribution in [-0.4, -0.2) is 47.9 Å². The van der Waals surface area contributed by atoms with Crippen molar-refractivity contribution in [1.82, 2.24) is 4.90 Å². The van der Waals surface area contributed by atoms with E-state index in [4.69, 9.17) is 20.7 Å². The molecule has 0 aliphatic carbocycles. The van der Waals surface area contributed by atoms with Crippen LogP contribution in [0.5, 0.6) is 0 Å². The van der Waals surface area contributed by atoms with E-state index < -0.39 is 29.9 Å². The number of nitrogens with two attached hydrogens (primary N) is 1. The maximum atomic E-state index is 11.9. The van der Waals surface area contributed by atoms with Crippen molar-refractivity contribution in [3.63, 3.8) is 0 Å². The van der Waals surface area contributed by atoms with Gasteiger partial charge in [-0.1, -0.05) is 5.11 Å². The van der Waals surface area contributed by atoms with Crippen molar-refractivity contribution in [2.24, 2.45) is 10.8 Å². The van der Waals surface area contributed by atoms with Gasteiger partial charge in [0.2, 0.25) is 0 Å². The van der Waals surface area contributed by atoms with Gasteiger partial charge in [-0.25, -0.2) is 9.59 Å². The summed E-state index contributed by atoms with van der Waals surface area (Å²) in [6, 6.07) is -0.536. The number of hydrogen-bond donors (Lipinski definition) is 1. The summed E-state index contributed by atoms with van der Waals surface area (Å²) >= 11 is 0. The van der Waals surface area contributed by atoms with Gasteiger partial charge in [0.1, 0.15) is 11.7 Å². The lowest BCUT2D eigenvalue weighted by atomic mass is 10.0. The largest absolute Gasteiger partial charge is 0.444 e. The highest BCUT2D eigenvalue weighted by Gasteiger charge is 2.35. The van der Waals surface area contributed by atoms with E-state index in [2.05, 4.69) is 10.0 Å². The topological polar surface area (TPSA) is 131 Å². The molecule has 1 fully saturated rings. The fourth-order valence-corrected chi connectivity index (χ4v) is 1.86. The third-order valence-corrected chi connectivity index (χ3v) is 2.64. The molecule has 112 valence electrons. The third kappa shape index (κ3) is 4.85. The standard InChI is InChI=1S/C11H19N5O4/c1-11(2,3)20-10(18)16-5-4-7(14-15-13)8(6-16)19-9(12)17/h7-8H,4-6H2,1-3H3,(H2,12,17)/t7?,8-/m0/s1. The number of azide groups is 1. The molecular formula is C11H19N5O4. The summed E-state index contributed by atoms with van der Waals surface area (Å²) in [4.78, 5) is 26.9. The summed E-state index contributed by atoms with van der Waals surface area (Å²) in [6.45, 7) is 5.72. The first-order valence-electron chi connectivity index (χ1n) is 6.21. The van der Waals surface area contributed by atoms with Crippen molar-refractivity contribution in [2.45, 2.75) is 44.9 Å². The van der Waals surface area contributed by atoms with Gasteiger partial charge in [0.05, 0.1) is 12.6 Å². The predicted molar refractivity (Wildman–Crippen MR) is 69.8 cm³/mol. The Balaban J connectivity index is 2.72. The summed E-state index contributed by atoms with van der Waals surface area (Å²) in [7, 11) is 0. The van der Waals surface area contributed by atoms with E-state index in [1.165, 1.54) is 4.90 Å². The van der Waals surface area contributed by atoms with Crippen molar-refractivity contribution >= 4 is 12.2 Å². The number of rotatable bonds is 2. The highest BCUT2D eigenvalue weighted by molar-refractivity contribution is 5.68. The van der Waals surface area contributed by atoms with Crippen molar-refractivity contribution < 1.29 is 19.1 Å². The molecule has 1 unspecified atom stereocenters. The Labute approximate surface area is 116 Å². The second kappa shape index (κ2) is 6.33. The third-order valence-electron chi connectivity index (χ3n) is 2.64. The Morgan fingerprint density at radius 2 is 2.10 bits per heavy atom. The molecule has 0 aromatic rings. The molecule has 1 rings (SSSR count). The first kappa shape index (κ1) is 15.9. The molecule has 20 heavy (non-hydrogen) atoms. The molecule has 2 atom stereocenters. The Morgan fingerprint density at radius 1 is 1.45 bits per heavy atom. The fourth-order valence-electron chi connectivity index (χ4n) is 1.86. The van der Waals surface area contributed by atoms with Gasteiger partial charge in [0.15, 0.2) is 0 Å². The number of amides is 2. The van der Waals surface area contributed by atoms with Crippen LogP contribution in [-0.2, 0) is 9.47 Å². The predicted octanol–water partition coefficient (Wildman–Crippen LogP) is 1.77. The molecule has 0 aromatic carbocycles. The summed E-state index contributed by atoms with van der Waals surface area (Å²) < 4.78 is 10.1. The van der Waals surface area contributed by atoms with Gasteiger partial charge >= 0.3 is 12.2 Å². The fraction of sp³-hybridized carbons (Fsp3) is 0.818. The van der Waals surface area contributed by atoms with Gasteiger partial charge in [0, 0.05) is 11.5 Å². The molecule has 0 aromatic heterocycles. The van der Waals surface area contributed by atoms with Crippen LogP contribution in [0.4, 0.5) is 9.59 Å². The van der Waals surface area contributed by atoms with Crippen LogP contribution < -0.4 is 5.73 Å². The van der Waals surface area contributed by atoms with Gasteiger partial charge in [-0.05, 0) is 32.7 Å². The van der Waals surface area contributed by atoms with Gasteiger partial charge < -0.3 is 20.1 Å². The van der Waals surface area contributed by atoms with E-state index in [1.54, 1.807) is 20.8 Å². The van der Waals surface area contributed by atoms with Crippen LogP contribution in [0.3, 0.4) is 0 Å². The molecule has 2 amide bonds. The highest BCUT2D eigenvalue weighted by Crippen LogP contribution is 2.20. The number of piperidine rings is 1. The molecule has 9 heteroatoms. The van der Waals surface area contributed by atoms with E-state index in [-0.39, 0.29) is 6.54 Å². The molecule has 1 saturated heterocycles. The number of nitrogens with zero attached hydrogens (tertiary/aromatic N) is 4. The van der Waals surface area contributed by atoms with Crippen molar-refractivity contribution in [2.75, 3.05) is 13.1 Å². The Bertz CT molecular complexity index is 427. The lowest BCUT2D eigenvalue weighted by molar-refractivity contribution is -0.00475. The van der Waals surface area contributed by atoms with Crippen LogP contribution in [0.15, 0.2) is 5.11 Å². The highest BCUT2D eigenvalue weighted by atomic mass is 16.6. The number of ether oxygens (including phenoxy) is 2. The van der Waals surface area contributed by atoms with Gasteiger partial charge in [-0.15, -0.1) is 0 Å². The molecule has 1 heterocycles. The first-order valence-corrected chi connectivity index (χ1v) is 6.21. The Morgan fingerprint density at radius 3 is 2.60 bits per heavy atom. The lowest BCUT2D eigenvalue weighted by Crippen LogP contribution is -2.51. The van der Waals surface area contributed by atoms with Crippen molar-refractivity contribution in [3.05, 3.63) is 10.4 Å². The van der Waals surface area contributed by atoms with Crippen LogP contribution in [0.2, 0.25) is 0 Å². The van der Waals surface area contributed by atoms with E-state index in [0.29, 0.717) is 13.0 Å². The number of primary amides is 1. The molecule has 0 saturated carbocycles. The minimum atomic E-state index is -0.973. The van der Waals surface area contributed by atoms with E-state index in [0.717, 1.165) is 0 Å². The Kier molecular flexibility index (Phi) is 5.04. The minimum absolute atomic E-state index is 0.0849. The smallest absolute Gasteiger partial charge is 0.410 e. The van der Waals surface area contributed by atoms with Crippen LogP contribution >= 0.6 is 0 Å². The second-order valence-electron chi connectivity index (χ2n) is 5.46. The molecule has 9 nitrogen and oxygen atoms in total. The molecular weight excluding hydrogens is 266 g/mol. The second-order valence-corrected chi connectivity index (χ2v) is 5.46. The van der Waals surface area contributed by atoms with Crippen LogP contribution in [0.25, 0.3) is 10.4 Å². The zero-order valence-electron chi connectivity index (χ0n) is 11.8. The van der Waals surface area contributed by atoms with E-state index >= 15 is 0 Å². The minimum Gasteiger partial charge on any atom is -0.444 e. The van der Waals surface area contributed by atoms with Crippen LogP contribution in [0, 0.1) is 0 Å². The number of carbonyl (C=O) groups excluding carboxylic acids is 2. The van der Waals surface area contributed by atoms with Crippen LogP contribution in [0.1, 0.15) is 27.2 Å². The lowest BCUT2D eigenvalue weighted by Gasteiger charge is -2.36. The maximum absolute atomic E-state index is 11.9. The zero-order chi connectivity index (χ0) is 15.3. The van der Waals surface area contributed by atoms with Gasteiger partial charge in [-0.3, -0.25) is 0 Å². The van der Waals surface area contributed by atoms with Crippen molar-refractivity contribution in [3.8, 4) is 0 Å². The van der Waals surface area contributed by atoms with Gasteiger partial charge in [-0.2, -0.15) is 0 Å². The first-order chi connectivity index (χ1) is 9.23. The SMILES string of the molecule is CC(C)(C)OC(=O)N1CCC(N=[N+]=[N-])[C@@H](OC(N)=O)C1. The monoisotopic (exact) mass is 285 g/mol. The van der Waals surface area contributed by atoms with Crippen molar-refractivity contribution in [1.29, 1.82) is 0 Å². The average molecular weight is 285 g/mol. The average Bonchev–Trinajstić information content (AvgIpc) is 2.28. The van der Waals surface area contributed by atoms with E-state index in [9.17, 15) is 9.59 Å². The van der Waals surface area contributed by atoms with Gasteiger partial charge in [0.25, 0.3) is 0 Å². The Hall–Kier alpha value is -2.15. The molecule has 0 spiro atoms. The normalized spacial score (nSPS) is 22.6. The molecule has 0 radical (unpaired) electrons. The maximum Gasteiger partial charge on any atom is 0.410 e. The number of hydrogen-bond acceptors (Lipinski definition) is 5. The summed E-state index contributed by atoms with van der Waals surface area (Å²) in [5.41, 5.74) is 12.8. The molecule has 1 aliphatic heterocycles. The quantitative estimate of drug-likeness (QED) is 0.470. The zero-order valence-corrected chi connectivity index (χ0v) is 11.8. The number of carbonyl (C=O) groups is 2. The molecule has 0 bridgehead atoms. The molecule has 1 aliphatic rings. The summed E-state index contributed by atoms with van der Waals surface area (Å²) in [6.07, 6.45) is -1.86. The summed E-state index contributed by atoms with van der Waals surface area (Å²) in [5, 5.41) is 3.56. The van der Waals surface area contributed by atoms with E-state index in [1.807, 2.05) is 0 Å². The summed E-state index contributed by atoms with van der Waals surface area (Å²) in [5.74, 6) is 0.